The van der Waals surface area contributed by atoms with E-state index in [2.05, 4.69) is 5.32 Å². The maximum Gasteiger partial charge on any atom is 0.269 e. The van der Waals surface area contributed by atoms with E-state index in [1.165, 1.54) is 12.1 Å². The average molecular weight is 274 g/mol. The lowest BCUT2D eigenvalue weighted by atomic mass is 10.2. The summed E-state index contributed by atoms with van der Waals surface area (Å²) in [7, 11) is 0. The van der Waals surface area contributed by atoms with Gasteiger partial charge in [0.2, 0.25) is 0 Å². The number of nitro benzene ring substituents is 1. The fourth-order valence-corrected chi connectivity index (χ4v) is 1.82. The molecule has 6 heteroatoms. The second kappa shape index (κ2) is 5.45. The van der Waals surface area contributed by atoms with Crippen molar-refractivity contribution in [1.82, 2.24) is 0 Å². The standard InChI is InChI=1S/C13H10N2O3S/c16-12-4-2-1-3-11(12)13(19)14-9-5-7-10(8-6-9)15(17)18/h1-8,16H,(H,14,19). The van der Waals surface area contributed by atoms with Crippen LogP contribution >= 0.6 is 12.2 Å². The minimum atomic E-state index is -0.467. The Hall–Kier alpha value is -2.47. The molecule has 2 rings (SSSR count). The number of hydrogen-bond acceptors (Lipinski definition) is 4. The fraction of sp³-hybridized carbons (Fsp3) is 0. The molecule has 0 aliphatic carbocycles. The highest BCUT2D eigenvalue weighted by atomic mass is 32.1. The fourth-order valence-electron chi connectivity index (χ4n) is 1.53. The number of aromatic hydroxyl groups is 1. The molecule has 0 atom stereocenters. The molecular formula is C13H10N2O3S. The van der Waals surface area contributed by atoms with E-state index in [0.717, 1.165) is 0 Å². The summed E-state index contributed by atoms with van der Waals surface area (Å²) in [6.07, 6.45) is 0. The molecule has 2 N–H and O–H groups in total. The van der Waals surface area contributed by atoms with Crippen molar-refractivity contribution < 1.29 is 10.0 Å². The van der Waals surface area contributed by atoms with E-state index in [0.29, 0.717) is 16.2 Å². The first-order valence-electron chi connectivity index (χ1n) is 5.42. The number of non-ortho nitro benzene ring substituents is 1. The molecule has 5 nitrogen and oxygen atoms in total. The summed E-state index contributed by atoms with van der Waals surface area (Å²) in [6, 6.07) is 12.6. The molecule has 0 radical (unpaired) electrons. The predicted molar refractivity (Wildman–Crippen MR) is 76.5 cm³/mol. The van der Waals surface area contributed by atoms with Crippen molar-refractivity contribution in [1.29, 1.82) is 0 Å². The number of benzene rings is 2. The van der Waals surface area contributed by atoms with Crippen molar-refractivity contribution >= 4 is 28.6 Å². The third kappa shape index (κ3) is 3.05. The van der Waals surface area contributed by atoms with Gasteiger partial charge in [-0.1, -0.05) is 24.4 Å². The third-order valence-corrected chi connectivity index (χ3v) is 2.81. The summed E-state index contributed by atoms with van der Waals surface area (Å²) in [6.45, 7) is 0. The van der Waals surface area contributed by atoms with E-state index in [-0.39, 0.29) is 11.4 Å². The van der Waals surface area contributed by atoms with Crippen LogP contribution in [0.25, 0.3) is 0 Å². The summed E-state index contributed by atoms with van der Waals surface area (Å²) in [4.78, 5) is 10.4. The van der Waals surface area contributed by atoms with Crippen LogP contribution < -0.4 is 5.32 Å². The largest absolute Gasteiger partial charge is 0.507 e. The molecule has 0 saturated heterocycles. The molecule has 19 heavy (non-hydrogen) atoms. The Balaban J connectivity index is 2.15. The Morgan fingerprint density at radius 3 is 2.37 bits per heavy atom. The monoisotopic (exact) mass is 274 g/mol. The normalized spacial score (nSPS) is 9.89. The van der Waals surface area contributed by atoms with E-state index in [9.17, 15) is 15.2 Å². The molecule has 2 aromatic rings. The molecule has 0 amide bonds. The summed E-state index contributed by atoms with van der Waals surface area (Å²) in [5, 5.41) is 23.1. The highest BCUT2D eigenvalue weighted by Crippen LogP contribution is 2.20. The molecule has 0 aromatic heterocycles. The second-order valence-electron chi connectivity index (χ2n) is 3.78. The number of anilines is 1. The Bertz CT molecular complexity index is 626. The first kappa shape index (κ1) is 13.0. The minimum Gasteiger partial charge on any atom is -0.507 e. The summed E-state index contributed by atoms with van der Waals surface area (Å²) in [5.74, 6) is 0.0851. The number of para-hydroxylation sites is 1. The number of phenols is 1. The number of thiocarbonyl (C=S) groups is 1. The van der Waals surface area contributed by atoms with Crippen molar-refractivity contribution in [2.24, 2.45) is 0 Å². The summed E-state index contributed by atoms with van der Waals surface area (Å²) in [5.41, 5.74) is 1.15. The van der Waals surface area contributed by atoms with Crippen LogP contribution in [0.1, 0.15) is 5.56 Å². The van der Waals surface area contributed by atoms with Crippen LogP contribution in [0.4, 0.5) is 11.4 Å². The van der Waals surface area contributed by atoms with Gasteiger partial charge in [0.1, 0.15) is 10.7 Å². The van der Waals surface area contributed by atoms with Crippen molar-refractivity contribution in [3.63, 3.8) is 0 Å². The lowest BCUT2D eigenvalue weighted by Gasteiger charge is -2.09. The third-order valence-electron chi connectivity index (χ3n) is 2.48. The maximum atomic E-state index is 10.5. The van der Waals surface area contributed by atoms with E-state index in [4.69, 9.17) is 12.2 Å². The zero-order valence-electron chi connectivity index (χ0n) is 9.74. The van der Waals surface area contributed by atoms with Crippen molar-refractivity contribution in [3.8, 4) is 5.75 Å². The van der Waals surface area contributed by atoms with Crippen LogP contribution in [-0.4, -0.2) is 15.0 Å². The van der Waals surface area contributed by atoms with Gasteiger partial charge in [0, 0.05) is 17.8 Å². The van der Waals surface area contributed by atoms with Gasteiger partial charge in [-0.3, -0.25) is 10.1 Å². The van der Waals surface area contributed by atoms with Gasteiger partial charge in [-0.05, 0) is 24.3 Å². The van der Waals surface area contributed by atoms with Gasteiger partial charge in [-0.25, -0.2) is 0 Å². The Labute approximate surface area is 114 Å². The van der Waals surface area contributed by atoms with Gasteiger partial charge in [-0.2, -0.15) is 0 Å². The molecule has 96 valence electrons. The molecule has 0 unspecified atom stereocenters. The van der Waals surface area contributed by atoms with E-state index in [1.807, 2.05) is 0 Å². The molecule has 0 aliphatic rings. The van der Waals surface area contributed by atoms with E-state index in [1.54, 1.807) is 36.4 Å². The Morgan fingerprint density at radius 1 is 1.16 bits per heavy atom. The first-order valence-corrected chi connectivity index (χ1v) is 5.82. The zero-order valence-corrected chi connectivity index (χ0v) is 10.6. The van der Waals surface area contributed by atoms with Crippen LogP contribution in [0, 0.1) is 10.1 Å². The second-order valence-corrected chi connectivity index (χ2v) is 4.18. The van der Waals surface area contributed by atoms with Crippen LogP contribution in [-0.2, 0) is 0 Å². The van der Waals surface area contributed by atoms with Gasteiger partial charge in [0.05, 0.1) is 10.5 Å². The van der Waals surface area contributed by atoms with E-state index < -0.39 is 4.92 Å². The Kier molecular flexibility index (Phi) is 3.72. The number of phenolic OH excluding ortho intramolecular Hbond substituents is 1. The molecule has 0 bridgehead atoms. The lowest BCUT2D eigenvalue weighted by Crippen LogP contribution is -2.10. The molecule has 2 aromatic carbocycles. The summed E-state index contributed by atoms with van der Waals surface area (Å²) >= 11 is 5.17. The van der Waals surface area contributed by atoms with Crippen molar-refractivity contribution in [3.05, 3.63) is 64.2 Å². The van der Waals surface area contributed by atoms with Gasteiger partial charge in [0.15, 0.2) is 0 Å². The van der Waals surface area contributed by atoms with Gasteiger partial charge < -0.3 is 10.4 Å². The number of nitrogens with one attached hydrogen (secondary N) is 1. The van der Waals surface area contributed by atoms with Crippen LogP contribution in [0.5, 0.6) is 5.75 Å². The zero-order chi connectivity index (χ0) is 13.8. The number of nitrogens with zero attached hydrogens (tertiary/aromatic N) is 1. The Morgan fingerprint density at radius 2 is 1.79 bits per heavy atom. The average Bonchev–Trinajstić information content (AvgIpc) is 2.39. The summed E-state index contributed by atoms with van der Waals surface area (Å²) < 4.78 is 0. The minimum absolute atomic E-state index is 0.0130. The van der Waals surface area contributed by atoms with Crippen LogP contribution in [0.3, 0.4) is 0 Å². The highest BCUT2D eigenvalue weighted by molar-refractivity contribution is 7.81. The predicted octanol–water partition coefficient (Wildman–Crippen LogP) is 3.09. The number of rotatable bonds is 3. The number of nitro groups is 1. The highest BCUT2D eigenvalue weighted by Gasteiger charge is 2.08. The molecule has 0 spiro atoms. The molecule has 0 fully saturated rings. The van der Waals surface area contributed by atoms with Crippen molar-refractivity contribution in [2.75, 3.05) is 5.32 Å². The smallest absolute Gasteiger partial charge is 0.269 e. The maximum absolute atomic E-state index is 10.5. The quantitative estimate of drug-likeness (QED) is 0.511. The first-order chi connectivity index (χ1) is 9.08. The molecule has 0 heterocycles. The molecule has 0 saturated carbocycles. The molecular weight excluding hydrogens is 264 g/mol. The van der Waals surface area contributed by atoms with Gasteiger partial charge >= 0.3 is 0 Å². The van der Waals surface area contributed by atoms with Crippen LogP contribution in [0.2, 0.25) is 0 Å². The number of hydrogen-bond donors (Lipinski definition) is 2. The SMILES string of the molecule is O=[N+]([O-])c1ccc(NC(=S)c2ccccc2O)cc1. The van der Waals surface area contributed by atoms with Gasteiger partial charge in [-0.15, -0.1) is 0 Å². The van der Waals surface area contributed by atoms with E-state index >= 15 is 0 Å². The van der Waals surface area contributed by atoms with Crippen LogP contribution in [0.15, 0.2) is 48.5 Å². The lowest BCUT2D eigenvalue weighted by molar-refractivity contribution is -0.384. The molecule has 0 aliphatic heterocycles. The topological polar surface area (TPSA) is 75.4 Å². The van der Waals surface area contributed by atoms with Crippen molar-refractivity contribution in [2.45, 2.75) is 0 Å². The van der Waals surface area contributed by atoms with Gasteiger partial charge in [0.25, 0.3) is 5.69 Å².